The zero-order valence-electron chi connectivity index (χ0n) is 20.0. The first-order valence-electron chi connectivity index (χ1n) is 11.9. The highest BCUT2D eigenvalue weighted by atomic mass is 79.9. The predicted molar refractivity (Wildman–Crippen MR) is 141 cm³/mol. The lowest BCUT2D eigenvalue weighted by Gasteiger charge is -2.41. The van der Waals surface area contributed by atoms with Crippen LogP contribution in [-0.2, 0) is 15.8 Å². The fraction of sp³-hybridized carbons (Fsp3) is 0.345. The summed E-state index contributed by atoms with van der Waals surface area (Å²) in [5.41, 5.74) is 1.40. The van der Waals surface area contributed by atoms with E-state index in [4.69, 9.17) is 0 Å². The van der Waals surface area contributed by atoms with E-state index in [1.807, 2.05) is 74.8 Å². The molecule has 3 aromatic rings. The number of benzene rings is 3. The zero-order valence-corrected chi connectivity index (χ0v) is 21.5. The average molecular weight is 521 g/mol. The maximum absolute atomic E-state index is 13.8. The number of amides is 1. The van der Waals surface area contributed by atoms with Crippen LogP contribution >= 0.6 is 15.9 Å². The maximum atomic E-state index is 13.8. The second kappa shape index (κ2) is 10.4. The lowest BCUT2D eigenvalue weighted by atomic mass is 9.70. The van der Waals surface area contributed by atoms with Gasteiger partial charge in [0.05, 0.1) is 5.60 Å². The van der Waals surface area contributed by atoms with Crippen molar-refractivity contribution in [3.8, 4) is 0 Å². The van der Waals surface area contributed by atoms with E-state index in [1.54, 1.807) is 4.90 Å². The molecule has 1 N–H and O–H groups in total. The fourth-order valence-corrected chi connectivity index (χ4v) is 5.87. The lowest BCUT2D eigenvalue weighted by molar-refractivity contribution is -0.133. The highest BCUT2D eigenvalue weighted by molar-refractivity contribution is 9.10. The third-order valence-corrected chi connectivity index (χ3v) is 7.86. The number of aliphatic hydroxyl groups is 1. The molecule has 1 aliphatic heterocycles. The van der Waals surface area contributed by atoms with Crippen LogP contribution in [0.4, 0.5) is 0 Å². The number of halogens is 1. The Morgan fingerprint density at radius 3 is 1.91 bits per heavy atom. The zero-order chi connectivity index (χ0) is 24.2. The molecule has 0 aromatic heterocycles. The summed E-state index contributed by atoms with van der Waals surface area (Å²) in [6.45, 7) is 2.34. The molecule has 1 aliphatic rings. The van der Waals surface area contributed by atoms with Crippen LogP contribution in [0.5, 0.6) is 0 Å². The molecular formula is C29H33BrN2O2. The van der Waals surface area contributed by atoms with E-state index in [0.717, 1.165) is 40.8 Å². The van der Waals surface area contributed by atoms with Crippen molar-refractivity contribution in [2.75, 3.05) is 33.7 Å². The van der Waals surface area contributed by atoms with Gasteiger partial charge in [-0.15, -0.1) is 0 Å². The molecule has 178 valence electrons. The van der Waals surface area contributed by atoms with Crippen LogP contribution in [0, 0.1) is 0 Å². The van der Waals surface area contributed by atoms with Crippen molar-refractivity contribution in [3.63, 3.8) is 0 Å². The maximum Gasteiger partial charge on any atom is 0.237 e. The van der Waals surface area contributed by atoms with Crippen molar-refractivity contribution >= 4 is 21.8 Å². The van der Waals surface area contributed by atoms with E-state index in [0.29, 0.717) is 19.3 Å². The van der Waals surface area contributed by atoms with E-state index < -0.39 is 11.0 Å². The van der Waals surface area contributed by atoms with Gasteiger partial charge in [0.2, 0.25) is 5.91 Å². The molecule has 1 fully saturated rings. The molecule has 0 unspecified atom stereocenters. The topological polar surface area (TPSA) is 43.8 Å². The number of nitrogens with zero attached hydrogens (tertiary/aromatic N) is 2. The van der Waals surface area contributed by atoms with Crippen molar-refractivity contribution in [1.29, 1.82) is 0 Å². The third-order valence-electron chi connectivity index (χ3n) is 7.17. The Bertz CT molecular complexity index is 1050. The minimum atomic E-state index is -0.827. The van der Waals surface area contributed by atoms with E-state index >= 15 is 0 Å². The first-order chi connectivity index (χ1) is 16.4. The Morgan fingerprint density at radius 2 is 1.41 bits per heavy atom. The smallest absolute Gasteiger partial charge is 0.237 e. The summed E-state index contributed by atoms with van der Waals surface area (Å²) in [7, 11) is 3.67. The summed E-state index contributed by atoms with van der Waals surface area (Å²) in [6.07, 6.45) is 2.01. The van der Waals surface area contributed by atoms with Gasteiger partial charge in [-0.3, -0.25) is 4.79 Å². The van der Waals surface area contributed by atoms with Crippen molar-refractivity contribution in [2.45, 2.75) is 30.3 Å². The van der Waals surface area contributed by atoms with E-state index in [-0.39, 0.29) is 5.91 Å². The molecule has 0 saturated carbocycles. The SMILES string of the molecule is CN(C)C(=O)C(CCN1CCC(O)(c2ccccc2Br)CC1)(c1ccccc1)c1ccccc1. The Balaban J connectivity index is 1.59. The lowest BCUT2D eigenvalue weighted by Crippen LogP contribution is -2.49. The van der Waals surface area contributed by atoms with Gasteiger partial charge in [0.1, 0.15) is 5.41 Å². The highest BCUT2D eigenvalue weighted by Gasteiger charge is 2.43. The third kappa shape index (κ3) is 4.83. The molecule has 3 aromatic carbocycles. The molecule has 4 nitrogen and oxygen atoms in total. The molecule has 1 saturated heterocycles. The average Bonchev–Trinajstić information content (AvgIpc) is 2.87. The quantitative estimate of drug-likeness (QED) is 0.465. The van der Waals surface area contributed by atoms with Gasteiger partial charge >= 0.3 is 0 Å². The van der Waals surface area contributed by atoms with Crippen molar-refractivity contribution in [3.05, 3.63) is 106 Å². The van der Waals surface area contributed by atoms with Crippen molar-refractivity contribution < 1.29 is 9.90 Å². The summed E-state index contributed by atoms with van der Waals surface area (Å²) in [4.78, 5) is 17.9. The summed E-state index contributed by atoms with van der Waals surface area (Å²) >= 11 is 3.60. The molecule has 1 amide bonds. The molecule has 5 heteroatoms. The van der Waals surface area contributed by atoms with E-state index in [1.165, 1.54) is 0 Å². The Hall–Kier alpha value is -2.47. The number of hydrogen-bond donors (Lipinski definition) is 1. The van der Waals surface area contributed by atoms with Crippen LogP contribution < -0.4 is 0 Å². The van der Waals surface area contributed by atoms with Gasteiger partial charge in [-0.2, -0.15) is 0 Å². The Labute approximate surface area is 211 Å². The molecule has 0 atom stereocenters. The number of hydrogen-bond acceptors (Lipinski definition) is 3. The largest absolute Gasteiger partial charge is 0.385 e. The fourth-order valence-electron chi connectivity index (χ4n) is 5.22. The molecule has 1 heterocycles. The standard InChI is InChI=1S/C29H33BrN2O2/c1-31(2)27(33)29(23-11-5-3-6-12-23,24-13-7-4-8-14-24)19-22-32-20-17-28(34,18-21-32)25-15-9-10-16-26(25)30/h3-16,34H,17-22H2,1-2H3. The van der Waals surface area contributed by atoms with Crippen LogP contribution in [0.25, 0.3) is 0 Å². The van der Waals surface area contributed by atoms with Gasteiger partial charge in [-0.1, -0.05) is 94.8 Å². The van der Waals surface area contributed by atoms with Crippen LogP contribution in [0.15, 0.2) is 89.4 Å². The minimum absolute atomic E-state index is 0.0895. The predicted octanol–water partition coefficient (Wildman–Crippen LogP) is 5.20. The number of carbonyl (C=O) groups excluding carboxylic acids is 1. The van der Waals surface area contributed by atoms with Gasteiger partial charge in [0, 0.05) is 31.7 Å². The Morgan fingerprint density at radius 1 is 0.912 bits per heavy atom. The minimum Gasteiger partial charge on any atom is -0.385 e. The summed E-state index contributed by atoms with van der Waals surface area (Å²) in [6, 6.07) is 28.2. The van der Waals surface area contributed by atoms with Crippen molar-refractivity contribution in [1.82, 2.24) is 9.80 Å². The number of carbonyl (C=O) groups is 1. The number of rotatable bonds is 7. The van der Waals surface area contributed by atoms with Crippen LogP contribution in [0.2, 0.25) is 0 Å². The normalized spacial score (nSPS) is 16.2. The van der Waals surface area contributed by atoms with Crippen molar-refractivity contribution in [2.24, 2.45) is 0 Å². The molecule has 0 aliphatic carbocycles. The second-order valence-electron chi connectivity index (χ2n) is 9.44. The molecule has 0 bridgehead atoms. The van der Waals surface area contributed by atoms with Gasteiger partial charge in [-0.05, 0) is 48.6 Å². The monoisotopic (exact) mass is 520 g/mol. The molecule has 0 spiro atoms. The van der Waals surface area contributed by atoms with Gasteiger partial charge in [-0.25, -0.2) is 0 Å². The Kier molecular flexibility index (Phi) is 7.56. The first kappa shape index (κ1) is 24.6. The number of piperidine rings is 1. The number of likely N-dealkylation sites (tertiary alicyclic amines) is 1. The number of likely N-dealkylation sites (N-methyl/N-ethyl adjacent to an activating group) is 1. The summed E-state index contributed by atoms with van der Waals surface area (Å²) in [5.74, 6) is 0.0895. The second-order valence-corrected chi connectivity index (χ2v) is 10.3. The van der Waals surface area contributed by atoms with E-state index in [9.17, 15) is 9.90 Å². The van der Waals surface area contributed by atoms with E-state index in [2.05, 4.69) is 45.1 Å². The summed E-state index contributed by atoms with van der Waals surface area (Å²) < 4.78 is 0.953. The first-order valence-corrected chi connectivity index (χ1v) is 12.7. The molecule has 4 rings (SSSR count). The van der Waals surface area contributed by atoms with Gasteiger partial charge in [0.15, 0.2) is 0 Å². The van der Waals surface area contributed by atoms with Gasteiger partial charge in [0.25, 0.3) is 0 Å². The molecule has 34 heavy (non-hydrogen) atoms. The van der Waals surface area contributed by atoms with Gasteiger partial charge < -0.3 is 14.9 Å². The molecule has 0 radical (unpaired) electrons. The van der Waals surface area contributed by atoms with Crippen LogP contribution in [-0.4, -0.2) is 54.5 Å². The highest BCUT2D eigenvalue weighted by Crippen LogP contribution is 2.40. The van der Waals surface area contributed by atoms with Crippen LogP contribution in [0.1, 0.15) is 36.0 Å². The van der Waals surface area contributed by atoms with Crippen LogP contribution in [0.3, 0.4) is 0 Å². The summed E-state index contributed by atoms with van der Waals surface area (Å²) in [5, 5.41) is 11.4. The molecular weight excluding hydrogens is 488 g/mol.